The van der Waals surface area contributed by atoms with Crippen molar-refractivity contribution < 1.29 is 9.90 Å². The molecule has 3 nitrogen and oxygen atoms in total. The second kappa shape index (κ2) is 6.74. The number of anilines is 1. The van der Waals surface area contributed by atoms with E-state index in [-0.39, 0.29) is 0 Å². The summed E-state index contributed by atoms with van der Waals surface area (Å²) >= 11 is 0. The fourth-order valence-corrected chi connectivity index (χ4v) is 1.63. The molecule has 0 heterocycles. The van der Waals surface area contributed by atoms with Gasteiger partial charge >= 0.3 is 5.97 Å². The van der Waals surface area contributed by atoms with E-state index in [9.17, 15) is 4.79 Å². The summed E-state index contributed by atoms with van der Waals surface area (Å²) in [5, 5.41) is 8.74. The third-order valence-electron chi connectivity index (χ3n) is 2.69. The van der Waals surface area contributed by atoms with Crippen molar-refractivity contribution in [1.29, 1.82) is 0 Å². The van der Waals surface area contributed by atoms with Crippen LogP contribution in [0.2, 0.25) is 0 Å². The van der Waals surface area contributed by atoms with Gasteiger partial charge in [-0.05, 0) is 32.4 Å². The van der Waals surface area contributed by atoms with Gasteiger partial charge in [0.05, 0.1) is 0 Å². The molecule has 0 aliphatic heterocycles. The van der Waals surface area contributed by atoms with Gasteiger partial charge in [0.1, 0.15) is 0 Å². The second-order valence-electron chi connectivity index (χ2n) is 3.90. The number of carboxylic acids is 1. The fraction of sp³-hybridized carbons (Fsp3) is 0.357. The third kappa shape index (κ3) is 4.31. The zero-order valence-corrected chi connectivity index (χ0v) is 10.4. The van der Waals surface area contributed by atoms with Gasteiger partial charge in [-0.1, -0.05) is 24.3 Å². The maximum absolute atomic E-state index is 10.6. The minimum Gasteiger partial charge on any atom is -0.478 e. The highest BCUT2D eigenvalue weighted by Gasteiger charge is 2.03. The smallest absolute Gasteiger partial charge is 0.330 e. The molecule has 0 bridgehead atoms. The van der Waals surface area contributed by atoms with Crippen LogP contribution in [0, 0.1) is 0 Å². The van der Waals surface area contributed by atoms with Crippen molar-refractivity contribution in [3.05, 3.63) is 42.0 Å². The number of benzene rings is 1. The molecule has 1 N–H and O–H groups in total. The number of hydrogen-bond acceptors (Lipinski definition) is 2. The molecule has 3 heteroatoms. The number of rotatable bonds is 6. The standard InChI is InChI=1S/C14H19NO2/c1-3-15(13-9-5-4-6-10-13)11-7-8-12(2)14(16)17/h4-6,8-10H,3,7,11H2,1-2H3,(H,16,17). The van der Waals surface area contributed by atoms with Crippen LogP contribution in [0.1, 0.15) is 20.3 Å². The first kappa shape index (κ1) is 13.3. The van der Waals surface area contributed by atoms with Crippen LogP contribution in [0.4, 0.5) is 5.69 Å². The molecular weight excluding hydrogens is 214 g/mol. The summed E-state index contributed by atoms with van der Waals surface area (Å²) in [7, 11) is 0. The normalized spacial score (nSPS) is 11.3. The van der Waals surface area contributed by atoms with Gasteiger partial charge < -0.3 is 10.0 Å². The molecule has 1 aromatic carbocycles. The Balaban J connectivity index is 2.55. The molecule has 0 aliphatic rings. The summed E-state index contributed by atoms with van der Waals surface area (Å²) in [5.41, 5.74) is 1.59. The van der Waals surface area contributed by atoms with Crippen LogP contribution in [0.3, 0.4) is 0 Å². The number of carbonyl (C=O) groups is 1. The van der Waals surface area contributed by atoms with Gasteiger partial charge in [-0.3, -0.25) is 0 Å². The van der Waals surface area contributed by atoms with Gasteiger partial charge in [0.25, 0.3) is 0 Å². The van der Waals surface area contributed by atoms with E-state index < -0.39 is 5.97 Å². The Morgan fingerprint density at radius 1 is 1.35 bits per heavy atom. The van der Waals surface area contributed by atoms with E-state index in [4.69, 9.17) is 5.11 Å². The van der Waals surface area contributed by atoms with E-state index in [1.165, 1.54) is 5.69 Å². The topological polar surface area (TPSA) is 40.5 Å². The number of aliphatic carboxylic acids is 1. The fourth-order valence-electron chi connectivity index (χ4n) is 1.63. The first-order chi connectivity index (χ1) is 8.15. The Kier molecular flexibility index (Phi) is 5.27. The monoisotopic (exact) mass is 233 g/mol. The van der Waals surface area contributed by atoms with E-state index in [2.05, 4.69) is 24.0 Å². The highest BCUT2D eigenvalue weighted by Crippen LogP contribution is 2.13. The molecule has 1 aromatic rings. The molecule has 0 saturated heterocycles. The average Bonchev–Trinajstić information content (AvgIpc) is 2.35. The molecule has 0 atom stereocenters. The predicted molar refractivity (Wildman–Crippen MR) is 70.3 cm³/mol. The highest BCUT2D eigenvalue weighted by molar-refractivity contribution is 5.85. The van der Waals surface area contributed by atoms with Crippen molar-refractivity contribution in [3.8, 4) is 0 Å². The van der Waals surface area contributed by atoms with Crippen LogP contribution in [-0.2, 0) is 4.79 Å². The third-order valence-corrected chi connectivity index (χ3v) is 2.69. The Labute approximate surface area is 102 Å². The summed E-state index contributed by atoms with van der Waals surface area (Å²) in [6.45, 7) is 5.48. The van der Waals surface area contributed by atoms with Crippen molar-refractivity contribution in [3.63, 3.8) is 0 Å². The molecular formula is C14H19NO2. The van der Waals surface area contributed by atoms with Gasteiger partial charge in [0.15, 0.2) is 0 Å². The van der Waals surface area contributed by atoms with Crippen LogP contribution >= 0.6 is 0 Å². The van der Waals surface area contributed by atoms with Gasteiger partial charge in [0.2, 0.25) is 0 Å². The predicted octanol–water partition coefficient (Wildman–Crippen LogP) is 2.93. The summed E-state index contributed by atoms with van der Waals surface area (Å²) < 4.78 is 0. The Morgan fingerprint density at radius 3 is 2.53 bits per heavy atom. The van der Waals surface area contributed by atoms with Crippen molar-refractivity contribution in [2.45, 2.75) is 20.3 Å². The Bertz CT molecular complexity index is 384. The molecule has 0 aliphatic carbocycles. The van der Waals surface area contributed by atoms with E-state index in [1.54, 1.807) is 13.0 Å². The summed E-state index contributed by atoms with van der Waals surface area (Å²) in [5.74, 6) is -0.840. The number of hydrogen-bond donors (Lipinski definition) is 1. The molecule has 92 valence electrons. The highest BCUT2D eigenvalue weighted by atomic mass is 16.4. The van der Waals surface area contributed by atoms with Crippen molar-refractivity contribution in [2.75, 3.05) is 18.0 Å². The summed E-state index contributed by atoms with van der Waals surface area (Å²) in [4.78, 5) is 12.9. The van der Waals surface area contributed by atoms with Gasteiger partial charge in [-0.2, -0.15) is 0 Å². The van der Waals surface area contributed by atoms with Crippen LogP contribution < -0.4 is 4.90 Å². The lowest BCUT2D eigenvalue weighted by molar-refractivity contribution is -0.132. The molecule has 17 heavy (non-hydrogen) atoms. The average molecular weight is 233 g/mol. The first-order valence-electron chi connectivity index (χ1n) is 5.85. The Hall–Kier alpha value is -1.77. The minimum absolute atomic E-state index is 0.411. The molecule has 0 saturated carbocycles. The molecule has 0 spiro atoms. The van der Waals surface area contributed by atoms with Crippen LogP contribution in [0.5, 0.6) is 0 Å². The minimum atomic E-state index is -0.840. The van der Waals surface area contributed by atoms with Crippen molar-refractivity contribution in [2.24, 2.45) is 0 Å². The zero-order chi connectivity index (χ0) is 12.7. The lowest BCUT2D eigenvalue weighted by Gasteiger charge is -2.22. The largest absolute Gasteiger partial charge is 0.478 e. The van der Waals surface area contributed by atoms with E-state index >= 15 is 0 Å². The van der Waals surface area contributed by atoms with Gasteiger partial charge in [0, 0.05) is 24.4 Å². The Morgan fingerprint density at radius 2 is 2.00 bits per heavy atom. The van der Waals surface area contributed by atoms with Gasteiger partial charge in [-0.25, -0.2) is 4.79 Å². The molecule has 0 radical (unpaired) electrons. The van der Waals surface area contributed by atoms with E-state index in [0.717, 1.165) is 19.5 Å². The van der Waals surface area contributed by atoms with E-state index in [1.807, 2.05) is 18.2 Å². The maximum Gasteiger partial charge on any atom is 0.330 e. The zero-order valence-electron chi connectivity index (χ0n) is 10.4. The van der Waals surface area contributed by atoms with Crippen LogP contribution in [0.25, 0.3) is 0 Å². The van der Waals surface area contributed by atoms with Crippen LogP contribution in [-0.4, -0.2) is 24.2 Å². The quantitative estimate of drug-likeness (QED) is 0.768. The van der Waals surface area contributed by atoms with Crippen molar-refractivity contribution in [1.82, 2.24) is 0 Å². The van der Waals surface area contributed by atoms with Crippen molar-refractivity contribution >= 4 is 11.7 Å². The lowest BCUT2D eigenvalue weighted by atomic mass is 10.2. The second-order valence-corrected chi connectivity index (χ2v) is 3.90. The lowest BCUT2D eigenvalue weighted by Crippen LogP contribution is -2.23. The number of para-hydroxylation sites is 1. The van der Waals surface area contributed by atoms with Crippen LogP contribution in [0.15, 0.2) is 42.0 Å². The first-order valence-corrected chi connectivity index (χ1v) is 5.85. The molecule has 1 rings (SSSR count). The van der Waals surface area contributed by atoms with E-state index in [0.29, 0.717) is 5.57 Å². The maximum atomic E-state index is 10.6. The molecule has 0 fully saturated rings. The molecule has 0 unspecified atom stereocenters. The summed E-state index contributed by atoms with van der Waals surface area (Å²) in [6.07, 6.45) is 2.52. The summed E-state index contributed by atoms with van der Waals surface area (Å²) in [6, 6.07) is 10.1. The van der Waals surface area contributed by atoms with Gasteiger partial charge in [-0.15, -0.1) is 0 Å². The number of nitrogens with zero attached hydrogens (tertiary/aromatic N) is 1. The number of carboxylic acid groups (broad SMARTS) is 1. The molecule has 0 aromatic heterocycles. The molecule has 0 amide bonds. The SMILES string of the molecule is CCN(CCC=C(C)C(=O)O)c1ccccc1.